The van der Waals surface area contributed by atoms with Crippen molar-refractivity contribution in [3.8, 4) is 5.69 Å². The summed E-state index contributed by atoms with van der Waals surface area (Å²) in [7, 11) is 0. The van der Waals surface area contributed by atoms with E-state index in [1.165, 1.54) is 12.1 Å². The van der Waals surface area contributed by atoms with Gasteiger partial charge in [-0.25, -0.2) is 9.07 Å². The van der Waals surface area contributed by atoms with Crippen molar-refractivity contribution in [3.63, 3.8) is 0 Å². The lowest BCUT2D eigenvalue weighted by Gasteiger charge is -2.08. The molecule has 112 valence electrons. The third-order valence-electron chi connectivity index (χ3n) is 3.36. The molecule has 4 nitrogen and oxygen atoms in total. The lowest BCUT2D eigenvalue weighted by Crippen LogP contribution is -2.24. The predicted molar refractivity (Wildman–Crippen MR) is 80.3 cm³/mol. The molecule has 0 fully saturated rings. The van der Waals surface area contributed by atoms with E-state index < -0.39 is 0 Å². The molecule has 5 heteroatoms. The first-order chi connectivity index (χ1) is 10.1. The molecule has 1 N–H and O–H groups in total. The highest BCUT2D eigenvalue weighted by Crippen LogP contribution is 2.20. The van der Waals surface area contributed by atoms with Gasteiger partial charge in [-0.05, 0) is 44.0 Å². The topological polar surface area (TPSA) is 46.9 Å². The van der Waals surface area contributed by atoms with Gasteiger partial charge in [0.1, 0.15) is 5.82 Å². The number of hydrogen-bond donors (Lipinski definition) is 1. The van der Waals surface area contributed by atoms with E-state index in [-0.39, 0.29) is 11.7 Å². The molecule has 0 bridgehead atoms. The van der Waals surface area contributed by atoms with Gasteiger partial charge >= 0.3 is 0 Å². The molecule has 21 heavy (non-hydrogen) atoms. The van der Waals surface area contributed by atoms with Crippen molar-refractivity contribution in [2.24, 2.45) is 0 Å². The zero-order chi connectivity index (χ0) is 15.4. The number of benzene rings is 1. The van der Waals surface area contributed by atoms with Crippen LogP contribution < -0.4 is 5.32 Å². The Morgan fingerprint density at radius 3 is 2.38 bits per heavy atom. The molecule has 0 spiro atoms. The van der Waals surface area contributed by atoms with Gasteiger partial charge in [0.25, 0.3) is 5.91 Å². The lowest BCUT2D eigenvalue weighted by atomic mass is 10.1. The van der Waals surface area contributed by atoms with Crippen molar-refractivity contribution in [1.29, 1.82) is 0 Å². The molecule has 2 rings (SSSR count). The first kappa shape index (κ1) is 15.2. The molecule has 0 saturated carbocycles. The summed E-state index contributed by atoms with van der Waals surface area (Å²) >= 11 is 0. The fourth-order valence-electron chi connectivity index (χ4n) is 2.38. The summed E-state index contributed by atoms with van der Waals surface area (Å²) < 4.78 is 14.8. The average molecular weight is 289 g/mol. The van der Waals surface area contributed by atoms with Crippen molar-refractivity contribution in [2.45, 2.75) is 33.6 Å². The zero-order valence-electron chi connectivity index (χ0n) is 12.6. The van der Waals surface area contributed by atoms with Crippen molar-refractivity contribution < 1.29 is 9.18 Å². The van der Waals surface area contributed by atoms with Gasteiger partial charge in [-0.1, -0.05) is 13.8 Å². The third kappa shape index (κ3) is 2.96. The van der Waals surface area contributed by atoms with Gasteiger partial charge in [-0.2, -0.15) is 5.10 Å². The van der Waals surface area contributed by atoms with Gasteiger partial charge in [-0.15, -0.1) is 0 Å². The summed E-state index contributed by atoms with van der Waals surface area (Å²) in [5, 5.41) is 7.37. The van der Waals surface area contributed by atoms with Crippen LogP contribution in [0.4, 0.5) is 4.39 Å². The Labute approximate surface area is 124 Å². The molecule has 1 aromatic carbocycles. The molecule has 0 radical (unpaired) electrons. The number of hydrogen-bond acceptors (Lipinski definition) is 2. The Bertz CT molecular complexity index is 632. The first-order valence-electron chi connectivity index (χ1n) is 7.27. The number of aryl methyl sites for hydroxylation is 1. The highest BCUT2D eigenvalue weighted by molar-refractivity contribution is 5.96. The van der Waals surface area contributed by atoms with Gasteiger partial charge in [0.2, 0.25) is 0 Å². The van der Waals surface area contributed by atoms with Crippen LogP contribution in [0, 0.1) is 5.82 Å². The summed E-state index contributed by atoms with van der Waals surface area (Å²) in [6.45, 7) is 6.42. The van der Waals surface area contributed by atoms with Crippen LogP contribution in [0.1, 0.15) is 42.5 Å². The highest BCUT2D eigenvalue weighted by atomic mass is 19.1. The van der Waals surface area contributed by atoms with Crippen LogP contribution in [0.2, 0.25) is 0 Å². The molecular weight excluding hydrogens is 269 g/mol. The Morgan fingerprint density at radius 1 is 1.19 bits per heavy atom. The fourth-order valence-corrected chi connectivity index (χ4v) is 2.38. The predicted octanol–water partition coefficient (Wildman–Crippen LogP) is 2.89. The summed E-state index contributed by atoms with van der Waals surface area (Å²) in [6.07, 6.45) is 1.35. The number of carbonyl (C=O) groups is 1. The van der Waals surface area contributed by atoms with Crippen LogP contribution >= 0.6 is 0 Å². The smallest absolute Gasteiger partial charge is 0.255 e. The minimum atomic E-state index is -0.288. The van der Waals surface area contributed by atoms with Crippen LogP contribution in [0.25, 0.3) is 5.69 Å². The van der Waals surface area contributed by atoms with E-state index in [4.69, 9.17) is 0 Å². The molecule has 0 aliphatic carbocycles. The van der Waals surface area contributed by atoms with Crippen molar-refractivity contribution in [1.82, 2.24) is 15.1 Å². The summed E-state index contributed by atoms with van der Waals surface area (Å²) in [5.41, 5.74) is 3.02. The van der Waals surface area contributed by atoms with Gasteiger partial charge in [0.15, 0.2) is 0 Å². The molecule has 0 saturated heterocycles. The Hall–Kier alpha value is -2.17. The van der Waals surface area contributed by atoms with E-state index >= 15 is 0 Å². The number of amides is 1. The van der Waals surface area contributed by atoms with Crippen molar-refractivity contribution >= 4 is 5.91 Å². The second-order valence-electron chi connectivity index (χ2n) is 4.72. The third-order valence-corrected chi connectivity index (χ3v) is 3.36. The Morgan fingerprint density at radius 2 is 1.86 bits per heavy atom. The normalized spacial score (nSPS) is 10.7. The minimum Gasteiger partial charge on any atom is -0.352 e. The maximum atomic E-state index is 13.1. The second-order valence-corrected chi connectivity index (χ2v) is 4.72. The lowest BCUT2D eigenvalue weighted by molar-refractivity contribution is 0.0954. The van der Waals surface area contributed by atoms with Crippen LogP contribution in [-0.4, -0.2) is 22.2 Å². The summed E-state index contributed by atoms with van der Waals surface area (Å²) in [4.78, 5) is 12.3. The van der Waals surface area contributed by atoms with E-state index in [1.54, 1.807) is 16.8 Å². The number of nitrogens with one attached hydrogen (secondary N) is 1. The van der Waals surface area contributed by atoms with Crippen molar-refractivity contribution in [2.75, 3.05) is 6.54 Å². The molecule has 2 aromatic rings. The van der Waals surface area contributed by atoms with E-state index in [1.807, 2.05) is 20.8 Å². The van der Waals surface area contributed by atoms with E-state index in [0.717, 1.165) is 17.1 Å². The monoisotopic (exact) mass is 289 g/mol. The number of carbonyl (C=O) groups excluding carboxylic acids is 1. The first-order valence-corrected chi connectivity index (χ1v) is 7.27. The van der Waals surface area contributed by atoms with Crippen LogP contribution in [-0.2, 0) is 12.8 Å². The number of halogens is 1. The molecule has 0 aliphatic rings. The van der Waals surface area contributed by atoms with E-state index in [2.05, 4.69) is 10.4 Å². The van der Waals surface area contributed by atoms with Gasteiger partial charge in [-0.3, -0.25) is 4.79 Å². The Balaban J connectivity index is 2.57. The SMILES string of the molecule is CCNC(=O)c1c(CC)nn(-c2ccc(F)cc2)c1CC. The molecule has 0 aliphatic heterocycles. The molecule has 0 unspecified atom stereocenters. The largest absolute Gasteiger partial charge is 0.352 e. The minimum absolute atomic E-state index is 0.0976. The van der Waals surface area contributed by atoms with Crippen LogP contribution in [0.15, 0.2) is 24.3 Å². The van der Waals surface area contributed by atoms with E-state index in [9.17, 15) is 9.18 Å². The molecular formula is C16H20FN3O. The van der Waals surface area contributed by atoms with Gasteiger partial charge in [0.05, 0.1) is 22.6 Å². The quantitative estimate of drug-likeness (QED) is 0.920. The van der Waals surface area contributed by atoms with E-state index in [0.29, 0.717) is 24.9 Å². The highest BCUT2D eigenvalue weighted by Gasteiger charge is 2.21. The van der Waals surface area contributed by atoms with Crippen molar-refractivity contribution in [3.05, 3.63) is 47.0 Å². The van der Waals surface area contributed by atoms with Crippen LogP contribution in [0.5, 0.6) is 0 Å². The van der Waals surface area contributed by atoms with Gasteiger partial charge in [0, 0.05) is 6.54 Å². The zero-order valence-corrected chi connectivity index (χ0v) is 12.6. The molecule has 0 atom stereocenters. The van der Waals surface area contributed by atoms with Crippen LogP contribution in [0.3, 0.4) is 0 Å². The molecule has 1 aromatic heterocycles. The summed E-state index contributed by atoms with van der Waals surface area (Å²) in [5.74, 6) is -0.386. The number of aromatic nitrogens is 2. The van der Waals surface area contributed by atoms with Gasteiger partial charge < -0.3 is 5.32 Å². The summed E-state index contributed by atoms with van der Waals surface area (Å²) in [6, 6.07) is 6.13. The molecule has 1 heterocycles. The standard InChI is InChI=1S/C16H20FN3O/c1-4-13-15(16(21)18-6-3)14(5-2)20(19-13)12-9-7-11(17)8-10-12/h7-10H,4-6H2,1-3H3,(H,18,21). The maximum absolute atomic E-state index is 13.1. The number of rotatable bonds is 5. The average Bonchev–Trinajstić information content (AvgIpc) is 2.86. The number of nitrogens with zero attached hydrogens (tertiary/aromatic N) is 2. The molecule has 1 amide bonds. The fraction of sp³-hybridized carbons (Fsp3) is 0.375. The second kappa shape index (κ2) is 6.52. The maximum Gasteiger partial charge on any atom is 0.255 e. The Kier molecular flexibility index (Phi) is 4.73.